The third-order valence-electron chi connectivity index (χ3n) is 3.34. The van der Waals surface area contributed by atoms with Gasteiger partial charge in [0.1, 0.15) is 5.75 Å². The molecule has 3 N–H and O–H groups in total. The lowest BCUT2D eigenvalue weighted by Crippen LogP contribution is -2.39. The van der Waals surface area contributed by atoms with Crippen LogP contribution in [0.15, 0.2) is 24.3 Å². The van der Waals surface area contributed by atoms with Gasteiger partial charge in [-0.2, -0.15) is 13.2 Å². The SMILES string of the molecule is CC(NC(=O)C(C)C(C)N)c1ccc(OCC(F)(F)F)cc1. The fraction of sp³-hybridized carbons (Fsp3) is 0.533. The number of nitrogens with two attached hydrogens (primary N) is 1. The number of carbonyl (C=O) groups is 1. The van der Waals surface area contributed by atoms with E-state index in [0.717, 1.165) is 5.56 Å². The smallest absolute Gasteiger partial charge is 0.422 e. The van der Waals surface area contributed by atoms with E-state index in [1.54, 1.807) is 32.9 Å². The average molecular weight is 318 g/mol. The van der Waals surface area contributed by atoms with Crippen LogP contribution in [0.25, 0.3) is 0 Å². The topological polar surface area (TPSA) is 64.4 Å². The van der Waals surface area contributed by atoms with Gasteiger partial charge in [0.15, 0.2) is 6.61 Å². The molecule has 0 bridgehead atoms. The molecule has 124 valence electrons. The second kappa shape index (κ2) is 7.49. The summed E-state index contributed by atoms with van der Waals surface area (Å²) in [6, 6.07) is 5.59. The van der Waals surface area contributed by atoms with Gasteiger partial charge in [-0.3, -0.25) is 4.79 Å². The number of nitrogens with one attached hydrogen (secondary N) is 1. The van der Waals surface area contributed by atoms with E-state index in [0.29, 0.717) is 0 Å². The zero-order valence-electron chi connectivity index (χ0n) is 12.8. The number of ether oxygens (including phenoxy) is 1. The maximum Gasteiger partial charge on any atom is 0.422 e. The van der Waals surface area contributed by atoms with Crippen molar-refractivity contribution >= 4 is 5.91 Å². The Kier molecular flexibility index (Phi) is 6.22. The van der Waals surface area contributed by atoms with Crippen molar-refractivity contribution < 1.29 is 22.7 Å². The molecular formula is C15H21F3N2O2. The van der Waals surface area contributed by atoms with Gasteiger partial charge in [-0.25, -0.2) is 0 Å². The number of hydrogen-bond acceptors (Lipinski definition) is 3. The van der Waals surface area contributed by atoms with E-state index in [9.17, 15) is 18.0 Å². The van der Waals surface area contributed by atoms with Gasteiger partial charge in [-0.15, -0.1) is 0 Å². The second-order valence-electron chi connectivity index (χ2n) is 5.35. The summed E-state index contributed by atoms with van der Waals surface area (Å²) in [5, 5.41) is 2.81. The summed E-state index contributed by atoms with van der Waals surface area (Å²) in [4.78, 5) is 11.9. The van der Waals surface area contributed by atoms with E-state index in [1.165, 1.54) is 12.1 Å². The Labute approximate surface area is 127 Å². The molecule has 0 heterocycles. The van der Waals surface area contributed by atoms with E-state index in [1.807, 2.05) is 0 Å². The van der Waals surface area contributed by atoms with E-state index in [2.05, 4.69) is 10.1 Å². The van der Waals surface area contributed by atoms with E-state index < -0.39 is 12.8 Å². The lowest BCUT2D eigenvalue weighted by atomic mass is 10.0. The summed E-state index contributed by atoms with van der Waals surface area (Å²) in [6.07, 6.45) is -4.37. The zero-order chi connectivity index (χ0) is 16.9. The fourth-order valence-corrected chi connectivity index (χ4v) is 1.68. The molecule has 1 rings (SSSR count). The minimum atomic E-state index is -4.37. The number of amides is 1. The van der Waals surface area contributed by atoms with Crippen LogP contribution in [0.2, 0.25) is 0 Å². The highest BCUT2D eigenvalue weighted by Gasteiger charge is 2.28. The second-order valence-corrected chi connectivity index (χ2v) is 5.35. The van der Waals surface area contributed by atoms with Crippen LogP contribution >= 0.6 is 0 Å². The molecule has 0 aliphatic carbocycles. The number of alkyl halides is 3. The van der Waals surface area contributed by atoms with Crippen LogP contribution in [0.3, 0.4) is 0 Å². The van der Waals surface area contributed by atoms with Crippen molar-refractivity contribution in [3.8, 4) is 5.75 Å². The molecule has 1 aromatic rings. The van der Waals surface area contributed by atoms with Crippen molar-refractivity contribution in [2.24, 2.45) is 11.7 Å². The first-order valence-electron chi connectivity index (χ1n) is 6.95. The zero-order valence-corrected chi connectivity index (χ0v) is 12.8. The van der Waals surface area contributed by atoms with Crippen LogP contribution in [0.4, 0.5) is 13.2 Å². The molecule has 0 aromatic heterocycles. The van der Waals surface area contributed by atoms with Crippen molar-refractivity contribution in [1.29, 1.82) is 0 Å². The van der Waals surface area contributed by atoms with Crippen LogP contribution in [-0.2, 0) is 4.79 Å². The van der Waals surface area contributed by atoms with Gasteiger partial charge in [0.05, 0.1) is 6.04 Å². The van der Waals surface area contributed by atoms with Gasteiger partial charge in [-0.1, -0.05) is 19.1 Å². The lowest BCUT2D eigenvalue weighted by Gasteiger charge is -2.20. The molecule has 1 aromatic carbocycles. The third-order valence-corrected chi connectivity index (χ3v) is 3.34. The van der Waals surface area contributed by atoms with Gasteiger partial charge < -0.3 is 15.8 Å². The molecule has 22 heavy (non-hydrogen) atoms. The fourth-order valence-electron chi connectivity index (χ4n) is 1.68. The molecule has 1 amide bonds. The number of benzene rings is 1. The summed E-state index contributed by atoms with van der Waals surface area (Å²) >= 11 is 0. The predicted octanol–water partition coefficient (Wildman–Crippen LogP) is 2.79. The van der Waals surface area contributed by atoms with Gasteiger partial charge in [0, 0.05) is 12.0 Å². The van der Waals surface area contributed by atoms with Gasteiger partial charge in [0.2, 0.25) is 5.91 Å². The van der Waals surface area contributed by atoms with Crippen LogP contribution in [0.1, 0.15) is 32.4 Å². The van der Waals surface area contributed by atoms with E-state index >= 15 is 0 Å². The van der Waals surface area contributed by atoms with Crippen molar-refractivity contribution in [1.82, 2.24) is 5.32 Å². The molecule has 0 aliphatic heterocycles. The summed E-state index contributed by atoms with van der Waals surface area (Å²) in [6.45, 7) is 3.95. The maximum atomic E-state index is 12.1. The standard InChI is InChI=1S/C15H21F3N2O2/c1-9(10(2)19)14(21)20-11(3)12-4-6-13(7-5-12)22-8-15(16,17)18/h4-7,9-11H,8,19H2,1-3H3,(H,20,21). The Morgan fingerprint density at radius 3 is 2.23 bits per heavy atom. The summed E-state index contributed by atoms with van der Waals surface area (Å²) in [7, 11) is 0. The molecule has 0 saturated heterocycles. The van der Waals surface area contributed by atoms with Gasteiger partial charge >= 0.3 is 6.18 Å². The first-order chi connectivity index (χ1) is 10.1. The summed E-state index contributed by atoms with van der Waals surface area (Å²) in [5.41, 5.74) is 6.44. The molecule has 0 spiro atoms. The first kappa shape index (κ1) is 18.3. The van der Waals surface area contributed by atoms with Gasteiger partial charge in [0.25, 0.3) is 0 Å². The molecular weight excluding hydrogens is 297 g/mol. The third kappa shape index (κ3) is 5.93. The molecule has 0 fully saturated rings. The molecule has 4 nitrogen and oxygen atoms in total. The van der Waals surface area contributed by atoms with E-state index in [-0.39, 0.29) is 29.7 Å². The lowest BCUT2D eigenvalue weighted by molar-refractivity contribution is -0.153. The largest absolute Gasteiger partial charge is 0.484 e. The van der Waals surface area contributed by atoms with Crippen LogP contribution in [0.5, 0.6) is 5.75 Å². The maximum absolute atomic E-state index is 12.1. The highest BCUT2D eigenvalue weighted by Crippen LogP contribution is 2.21. The average Bonchev–Trinajstić information content (AvgIpc) is 2.43. The Morgan fingerprint density at radius 1 is 1.23 bits per heavy atom. The minimum absolute atomic E-state index is 0.128. The summed E-state index contributed by atoms with van der Waals surface area (Å²) < 4.78 is 40.8. The Hall–Kier alpha value is -1.76. The minimum Gasteiger partial charge on any atom is -0.484 e. The van der Waals surface area contributed by atoms with E-state index in [4.69, 9.17) is 5.73 Å². The number of halogens is 3. The van der Waals surface area contributed by atoms with Crippen molar-refractivity contribution in [3.63, 3.8) is 0 Å². The first-order valence-corrected chi connectivity index (χ1v) is 6.95. The molecule has 3 atom stereocenters. The molecule has 3 unspecified atom stereocenters. The van der Waals surface area contributed by atoms with Crippen molar-refractivity contribution in [2.75, 3.05) is 6.61 Å². The monoisotopic (exact) mass is 318 g/mol. The predicted molar refractivity (Wildman–Crippen MR) is 77.4 cm³/mol. The number of hydrogen-bond donors (Lipinski definition) is 2. The summed E-state index contributed by atoms with van der Waals surface area (Å²) in [5.74, 6) is -0.361. The van der Waals surface area contributed by atoms with Crippen LogP contribution in [-0.4, -0.2) is 24.7 Å². The Morgan fingerprint density at radius 2 is 1.77 bits per heavy atom. The van der Waals surface area contributed by atoms with Crippen LogP contribution in [0, 0.1) is 5.92 Å². The molecule has 0 aliphatic rings. The quantitative estimate of drug-likeness (QED) is 0.848. The van der Waals surface area contributed by atoms with Crippen molar-refractivity contribution in [2.45, 2.75) is 39.0 Å². The van der Waals surface area contributed by atoms with Crippen LogP contribution < -0.4 is 15.8 Å². The van der Waals surface area contributed by atoms with Gasteiger partial charge in [-0.05, 0) is 31.5 Å². The highest BCUT2D eigenvalue weighted by atomic mass is 19.4. The Balaban J connectivity index is 2.60. The van der Waals surface area contributed by atoms with Crippen molar-refractivity contribution in [3.05, 3.63) is 29.8 Å². The molecule has 0 radical (unpaired) electrons. The number of carbonyl (C=O) groups excluding carboxylic acids is 1. The highest BCUT2D eigenvalue weighted by molar-refractivity contribution is 5.79. The molecule has 0 saturated carbocycles. The normalized spacial score (nSPS) is 15.8. The molecule has 7 heteroatoms. The number of rotatable bonds is 6. The Bertz CT molecular complexity index is 487.